The number of carbonyl (C=O) groups is 3. The van der Waals surface area contributed by atoms with E-state index < -0.39 is 29.5 Å². The van der Waals surface area contributed by atoms with Crippen molar-refractivity contribution in [3.63, 3.8) is 0 Å². The van der Waals surface area contributed by atoms with Crippen LogP contribution < -0.4 is 14.4 Å². The monoisotopic (exact) mass is 566 g/mol. The van der Waals surface area contributed by atoms with Crippen molar-refractivity contribution in [2.24, 2.45) is 0 Å². The van der Waals surface area contributed by atoms with Gasteiger partial charge in [-0.05, 0) is 43.0 Å². The number of benzene rings is 1. The molecule has 9 nitrogen and oxygen atoms in total. The third-order valence-corrected chi connectivity index (χ3v) is 7.65. The van der Waals surface area contributed by atoms with Crippen LogP contribution in [-0.4, -0.2) is 47.6 Å². The lowest BCUT2D eigenvalue weighted by atomic mass is 9.95. The molecular weight excluding hydrogens is 540 g/mol. The van der Waals surface area contributed by atoms with Crippen molar-refractivity contribution < 1.29 is 33.7 Å². The number of hydrogen-bond acceptors (Lipinski definition) is 10. The molecule has 3 heterocycles. The lowest BCUT2D eigenvalue weighted by Crippen LogP contribution is -2.31. The largest absolute Gasteiger partial charge is 0.503 e. The molecule has 0 aliphatic carbocycles. The first kappa shape index (κ1) is 27.8. The summed E-state index contributed by atoms with van der Waals surface area (Å²) in [5.74, 6) is -1.77. The maximum absolute atomic E-state index is 13.6. The molecule has 202 valence electrons. The highest BCUT2D eigenvalue weighted by atomic mass is 32.1. The van der Waals surface area contributed by atoms with Crippen LogP contribution in [0.2, 0.25) is 0 Å². The summed E-state index contributed by atoms with van der Waals surface area (Å²) in [6.45, 7) is 11.2. The number of nitrogens with zero attached hydrogens (tertiary/aromatic N) is 2. The van der Waals surface area contributed by atoms with Crippen molar-refractivity contribution in [1.82, 2.24) is 4.98 Å². The number of aromatic nitrogens is 1. The Morgan fingerprint density at radius 3 is 2.59 bits per heavy atom. The highest BCUT2D eigenvalue weighted by Crippen LogP contribution is 2.45. The summed E-state index contributed by atoms with van der Waals surface area (Å²) in [6.07, 6.45) is 3.04. The third-order valence-electron chi connectivity index (χ3n) is 5.65. The Kier molecular flexibility index (Phi) is 8.62. The fourth-order valence-electron chi connectivity index (χ4n) is 4.00. The number of aliphatic hydroxyl groups is 1. The number of aliphatic hydroxyl groups excluding tert-OH is 1. The number of ketones is 1. The summed E-state index contributed by atoms with van der Waals surface area (Å²) in [5, 5.41) is 12.9. The number of esters is 1. The summed E-state index contributed by atoms with van der Waals surface area (Å²) < 4.78 is 16.6. The number of aryl methyl sites for hydroxylation is 1. The van der Waals surface area contributed by atoms with E-state index in [2.05, 4.69) is 18.1 Å². The van der Waals surface area contributed by atoms with Crippen LogP contribution in [0.5, 0.6) is 11.5 Å². The topological polar surface area (TPSA) is 115 Å². The molecule has 1 N–H and O–H groups in total. The zero-order chi connectivity index (χ0) is 28.1. The first-order valence-electron chi connectivity index (χ1n) is 11.9. The van der Waals surface area contributed by atoms with Gasteiger partial charge in [0.15, 0.2) is 22.4 Å². The Labute approximate surface area is 233 Å². The van der Waals surface area contributed by atoms with Gasteiger partial charge in [-0.25, -0.2) is 9.78 Å². The standard InChI is InChI=1S/C28H26N2O7S2/c1-5-12-36-18-11-10-17(15-19(18)35-7-3)22-21(23(31)20-9-8-14-38-20)24(32)26(33)30(22)28-29-16(4)25(39-28)27(34)37-13-6-2/h5-6,8-11,14-15,22,32H,1-2,7,12-13H2,3-4H3. The molecule has 39 heavy (non-hydrogen) atoms. The van der Waals surface area contributed by atoms with Crippen LogP contribution in [0.25, 0.3) is 0 Å². The number of thiophene rings is 1. The lowest BCUT2D eigenvalue weighted by Gasteiger charge is -2.25. The Morgan fingerprint density at radius 2 is 1.92 bits per heavy atom. The van der Waals surface area contributed by atoms with E-state index in [4.69, 9.17) is 14.2 Å². The molecule has 11 heteroatoms. The molecule has 1 aromatic carbocycles. The predicted octanol–water partition coefficient (Wildman–Crippen LogP) is 5.60. The third kappa shape index (κ3) is 5.50. The molecule has 0 bridgehead atoms. The molecule has 0 fully saturated rings. The second kappa shape index (κ2) is 12.1. The van der Waals surface area contributed by atoms with Gasteiger partial charge < -0.3 is 19.3 Å². The van der Waals surface area contributed by atoms with Gasteiger partial charge in [0.05, 0.1) is 28.8 Å². The molecule has 1 aliphatic heterocycles. The van der Waals surface area contributed by atoms with E-state index in [0.717, 1.165) is 11.3 Å². The van der Waals surface area contributed by atoms with Crippen molar-refractivity contribution in [2.75, 3.05) is 24.7 Å². The first-order chi connectivity index (χ1) is 18.8. The van der Waals surface area contributed by atoms with Crippen LogP contribution in [0.15, 0.2) is 72.4 Å². The van der Waals surface area contributed by atoms with Gasteiger partial charge in [-0.1, -0.05) is 48.8 Å². The second-order valence-electron chi connectivity index (χ2n) is 8.18. The Bertz CT molecular complexity index is 1460. The minimum atomic E-state index is -1.05. The number of rotatable bonds is 12. The number of hydrogen-bond donors (Lipinski definition) is 1. The minimum absolute atomic E-state index is 0.0130. The Balaban J connectivity index is 1.85. The summed E-state index contributed by atoms with van der Waals surface area (Å²) in [7, 11) is 0. The molecule has 3 aromatic rings. The smallest absolute Gasteiger partial charge is 0.350 e. The summed E-state index contributed by atoms with van der Waals surface area (Å²) in [6, 6.07) is 7.29. The Morgan fingerprint density at radius 1 is 1.15 bits per heavy atom. The van der Waals surface area contributed by atoms with Crippen LogP contribution in [0.3, 0.4) is 0 Å². The van der Waals surface area contributed by atoms with Crippen molar-refractivity contribution in [3.05, 3.63) is 93.4 Å². The molecule has 1 amide bonds. The maximum atomic E-state index is 13.6. The number of anilines is 1. The van der Waals surface area contributed by atoms with Gasteiger partial charge in [0.1, 0.15) is 18.1 Å². The van der Waals surface area contributed by atoms with E-state index in [9.17, 15) is 19.5 Å². The maximum Gasteiger partial charge on any atom is 0.350 e. The normalized spacial score (nSPS) is 14.9. The van der Waals surface area contributed by atoms with Crippen molar-refractivity contribution in [2.45, 2.75) is 19.9 Å². The lowest BCUT2D eigenvalue weighted by molar-refractivity contribution is -0.117. The quantitative estimate of drug-likeness (QED) is 0.171. The number of carbonyl (C=O) groups excluding carboxylic acids is 3. The molecule has 1 unspecified atom stereocenters. The van der Waals surface area contributed by atoms with Crippen LogP contribution in [-0.2, 0) is 9.53 Å². The minimum Gasteiger partial charge on any atom is -0.503 e. The van der Waals surface area contributed by atoms with E-state index in [1.807, 2.05) is 6.92 Å². The van der Waals surface area contributed by atoms with Gasteiger partial charge in [-0.2, -0.15) is 0 Å². The fraction of sp³-hybridized carbons (Fsp3) is 0.214. The van der Waals surface area contributed by atoms with E-state index in [-0.39, 0.29) is 28.8 Å². The van der Waals surface area contributed by atoms with E-state index in [1.54, 1.807) is 48.7 Å². The molecular formula is C28H26N2O7S2. The highest BCUT2D eigenvalue weighted by Gasteiger charge is 2.46. The molecule has 0 radical (unpaired) electrons. The van der Waals surface area contributed by atoms with E-state index in [0.29, 0.717) is 34.2 Å². The van der Waals surface area contributed by atoms with Crippen LogP contribution in [0.1, 0.15) is 43.6 Å². The Hall–Kier alpha value is -4.22. The van der Waals surface area contributed by atoms with E-state index >= 15 is 0 Å². The van der Waals surface area contributed by atoms with Gasteiger partial charge in [0.2, 0.25) is 5.78 Å². The zero-order valence-corrected chi connectivity index (χ0v) is 23.0. The van der Waals surface area contributed by atoms with Crippen LogP contribution in [0.4, 0.5) is 5.13 Å². The molecule has 0 saturated heterocycles. The van der Waals surface area contributed by atoms with E-state index in [1.165, 1.54) is 22.3 Å². The number of amides is 1. The molecule has 1 aliphatic rings. The van der Waals surface area contributed by atoms with Crippen LogP contribution in [0, 0.1) is 6.92 Å². The molecule has 1 atom stereocenters. The summed E-state index contributed by atoms with van der Waals surface area (Å²) >= 11 is 2.13. The average Bonchev–Trinajstić information content (AvgIpc) is 3.65. The average molecular weight is 567 g/mol. The van der Waals surface area contributed by atoms with Gasteiger partial charge in [0, 0.05) is 0 Å². The van der Waals surface area contributed by atoms with Gasteiger partial charge in [-0.3, -0.25) is 14.5 Å². The molecule has 2 aromatic heterocycles. The summed E-state index contributed by atoms with van der Waals surface area (Å²) in [4.78, 5) is 45.9. The summed E-state index contributed by atoms with van der Waals surface area (Å²) in [5.41, 5.74) is 0.718. The molecule has 0 spiro atoms. The fourth-order valence-corrected chi connectivity index (χ4v) is 5.66. The second-order valence-corrected chi connectivity index (χ2v) is 10.1. The van der Waals surface area contributed by atoms with Gasteiger partial charge >= 0.3 is 5.97 Å². The van der Waals surface area contributed by atoms with Gasteiger partial charge in [0.25, 0.3) is 5.91 Å². The van der Waals surface area contributed by atoms with Crippen molar-refractivity contribution >= 4 is 45.5 Å². The van der Waals surface area contributed by atoms with Gasteiger partial charge in [-0.15, -0.1) is 11.3 Å². The van der Waals surface area contributed by atoms with Crippen molar-refractivity contribution in [1.29, 1.82) is 0 Å². The first-order valence-corrected chi connectivity index (χ1v) is 13.6. The zero-order valence-electron chi connectivity index (χ0n) is 21.3. The predicted molar refractivity (Wildman–Crippen MR) is 149 cm³/mol. The molecule has 4 rings (SSSR count). The van der Waals surface area contributed by atoms with Crippen LogP contribution >= 0.6 is 22.7 Å². The number of Topliss-reactive ketones (excluding diaryl/α,β-unsaturated/α-hetero) is 1. The van der Waals surface area contributed by atoms with Crippen molar-refractivity contribution in [3.8, 4) is 11.5 Å². The number of thiazole rings is 1. The molecule has 0 saturated carbocycles. The SMILES string of the molecule is C=CCOC(=O)c1sc(N2C(=O)C(O)=C(C(=O)c3cccs3)C2c2ccc(OCC=C)c(OCC)c2)nc1C. The highest BCUT2D eigenvalue weighted by molar-refractivity contribution is 7.17. The number of ether oxygens (including phenoxy) is 3.